The van der Waals surface area contributed by atoms with Crippen LogP contribution in [0.1, 0.15) is 52.5 Å². The van der Waals surface area contributed by atoms with Gasteiger partial charge in [0.2, 0.25) is 0 Å². The van der Waals surface area contributed by atoms with Crippen LogP contribution >= 0.6 is 11.6 Å². The molecule has 0 spiro atoms. The molecule has 0 aromatic heterocycles. The lowest BCUT2D eigenvalue weighted by atomic mass is 9.84. The fourth-order valence-electron chi connectivity index (χ4n) is 2.02. The van der Waals surface area contributed by atoms with E-state index in [1.807, 2.05) is 24.3 Å². The Bertz CT molecular complexity index is 431. The van der Waals surface area contributed by atoms with Crippen LogP contribution in [0.15, 0.2) is 35.9 Å². The summed E-state index contributed by atoms with van der Waals surface area (Å²) in [6.45, 7) is 10.3. The Hall–Kier alpha value is -0.790. The first-order valence-electron chi connectivity index (χ1n) is 7.35. The molecule has 0 heterocycles. The van der Waals surface area contributed by atoms with Crippen LogP contribution in [0.5, 0.6) is 0 Å². The average molecular weight is 295 g/mol. The van der Waals surface area contributed by atoms with Gasteiger partial charge in [0.25, 0.3) is 0 Å². The average Bonchev–Trinajstić information content (AvgIpc) is 2.36. The Labute approximate surface area is 129 Å². The highest BCUT2D eigenvalue weighted by Gasteiger charge is 2.16. The molecule has 0 saturated carbocycles. The number of benzene rings is 1. The van der Waals surface area contributed by atoms with Gasteiger partial charge in [-0.25, -0.2) is 0 Å². The fourth-order valence-corrected chi connectivity index (χ4v) is 2.21. The Balaban J connectivity index is 2.26. The van der Waals surface area contributed by atoms with Crippen LogP contribution in [-0.4, -0.2) is 6.61 Å². The van der Waals surface area contributed by atoms with E-state index in [0.29, 0.717) is 12.0 Å². The van der Waals surface area contributed by atoms with Gasteiger partial charge in [-0.15, -0.1) is 0 Å². The molecule has 0 atom stereocenters. The zero-order valence-corrected chi connectivity index (χ0v) is 14.0. The summed E-state index contributed by atoms with van der Waals surface area (Å²) in [6.07, 6.45) is 5.74. The molecule has 0 N–H and O–H groups in total. The fraction of sp³-hybridized carbons (Fsp3) is 0.556. The van der Waals surface area contributed by atoms with Crippen LogP contribution in [0.3, 0.4) is 0 Å². The molecule has 1 aromatic carbocycles. The van der Waals surface area contributed by atoms with E-state index in [9.17, 15) is 0 Å². The molecule has 0 aliphatic carbocycles. The highest BCUT2D eigenvalue weighted by molar-refractivity contribution is 6.31. The molecular weight excluding hydrogens is 268 g/mol. The van der Waals surface area contributed by atoms with Crippen molar-refractivity contribution >= 4 is 11.6 Å². The quantitative estimate of drug-likeness (QED) is 0.421. The molecule has 0 saturated heterocycles. The van der Waals surface area contributed by atoms with E-state index in [1.165, 1.54) is 12.0 Å². The number of rotatable bonds is 8. The standard InChI is InChI=1S/C18H27ClO/c1-15(2)8-7-11-18(3,4)12-13-20-14-16-9-5-6-10-17(16)19/h5-6,8-10H,7,11-14H2,1-4H3. The van der Waals surface area contributed by atoms with Crippen molar-refractivity contribution in [3.63, 3.8) is 0 Å². The molecule has 0 amide bonds. The maximum atomic E-state index is 6.10. The second-order valence-electron chi connectivity index (χ2n) is 6.38. The van der Waals surface area contributed by atoms with E-state index in [0.717, 1.165) is 30.0 Å². The number of hydrogen-bond acceptors (Lipinski definition) is 1. The summed E-state index contributed by atoms with van der Waals surface area (Å²) >= 11 is 6.10. The number of allylic oxidation sites excluding steroid dienone is 2. The van der Waals surface area contributed by atoms with E-state index < -0.39 is 0 Å². The molecule has 0 bridgehead atoms. The van der Waals surface area contributed by atoms with Gasteiger partial charge in [-0.3, -0.25) is 0 Å². The molecular formula is C18H27ClO. The van der Waals surface area contributed by atoms with Crippen molar-refractivity contribution in [3.8, 4) is 0 Å². The third-order valence-electron chi connectivity index (χ3n) is 3.51. The van der Waals surface area contributed by atoms with Crippen LogP contribution in [-0.2, 0) is 11.3 Å². The van der Waals surface area contributed by atoms with Gasteiger partial charge < -0.3 is 4.74 Å². The van der Waals surface area contributed by atoms with Crippen LogP contribution in [0.2, 0.25) is 5.02 Å². The van der Waals surface area contributed by atoms with Gasteiger partial charge >= 0.3 is 0 Å². The SMILES string of the molecule is CC(C)=CCCC(C)(C)CCOCc1ccccc1Cl. The lowest BCUT2D eigenvalue weighted by molar-refractivity contribution is 0.0900. The molecule has 1 rings (SSSR count). The molecule has 112 valence electrons. The largest absolute Gasteiger partial charge is 0.377 e. The highest BCUT2D eigenvalue weighted by atomic mass is 35.5. The molecule has 1 nitrogen and oxygen atoms in total. The minimum Gasteiger partial charge on any atom is -0.377 e. The van der Waals surface area contributed by atoms with Crippen molar-refractivity contribution in [2.24, 2.45) is 5.41 Å². The molecule has 0 aliphatic heterocycles. The first kappa shape index (κ1) is 17.3. The van der Waals surface area contributed by atoms with Gasteiger partial charge in [-0.2, -0.15) is 0 Å². The van der Waals surface area contributed by atoms with Crippen LogP contribution in [0.4, 0.5) is 0 Å². The zero-order chi connectivity index (χ0) is 15.0. The maximum absolute atomic E-state index is 6.10. The Morgan fingerprint density at radius 2 is 1.90 bits per heavy atom. The van der Waals surface area contributed by atoms with E-state index in [4.69, 9.17) is 16.3 Å². The molecule has 1 aromatic rings. The van der Waals surface area contributed by atoms with E-state index in [1.54, 1.807) is 0 Å². The third kappa shape index (κ3) is 7.12. The number of halogens is 1. The van der Waals surface area contributed by atoms with Gasteiger partial charge in [0.15, 0.2) is 0 Å². The van der Waals surface area contributed by atoms with Gasteiger partial charge in [0.05, 0.1) is 6.61 Å². The van der Waals surface area contributed by atoms with E-state index in [-0.39, 0.29) is 0 Å². The Kier molecular flexibility index (Phi) is 7.32. The van der Waals surface area contributed by atoms with Crippen molar-refractivity contribution < 1.29 is 4.74 Å². The molecule has 0 aliphatic rings. The summed E-state index contributed by atoms with van der Waals surface area (Å²) in [5.74, 6) is 0. The van der Waals surface area contributed by atoms with Crippen molar-refractivity contribution in [1.82, 2.24) is 0 Å². The molecule has 20 heavy (non-hydrogen) atoms. The van der Waals surface area contributed by atoms with Crippen molar-refractivity contribution in [3.05, 3.63) is 46.5 Å². The minimum atomic E-state index is 0.326. The summed E-state index contributed by atoms with van der Waals surface area (Å²) < 4.78 is 5.76. The van der Waals surface area contributed by atoms with Crippen LogP contribution < -0.4 is 0 Å². The zero-order valence-electron chi connectivity index (χ0n) is 13.2. The minimum absolute atomic E-state index is 0.326. The summed E-state index contributed by atoms with van der Waals surface area (Å²) in [6, 6.07) is 7.86. The van der Waals surface area contributed by atoms with E-state index >= 15 is 0 Å². The van der Waals surface area contributed by atoms with Gasteiger partial charge in [-0.1, -0.05) is 55.3 Å². The van der Waals surface area contributed by atoms with Gasteiger partial charge in [0, 0.05) is 11.6 Å². The predicted molar refractivity (Wildman–Crippen MR) is 88.2 cm³/mol. The van der Waals surface area contributed by atoms with Crippen LogP contribution in [0.25, 0.3) is 0 Å². The number of ether oxygens (including phenoxy) is 1. The van der Waals surface area contributed by atoms with Crippen molar-refractivity contribution in [2.45, 2.75) is 53.6 Å². The molecule has 0 unspecified atom stereocenters. The van der Waals surface area contributed by atoms with E-state index in [2.05, 4.69) is 33.8 Å². The normalized spacial score (nSPS) is 11.4. The lowest BCUT2D eigenvalue weighted by Gasteiger charge is -2.24. The van der Waals surface area contributed by atoms with Crippen molar-refractivity contribution in [1.29, 1.82) is 0 Å². The second kappa shape index (κ2) is 8.49. The topological polar surface area (TPSA) is 9.23 Å². The number of hydrogen-bond donors (Lipinski definition) is 0. The summed E-state index contributed by atoms with van der Waals surface area (Å²) in [5, 5.41) is 0.787. The lowest BCUT2D eigenvalue weighted by Crippen LogP contribution is -2.14. The first-order chi connectivity index (χ1) is 9.41. The molecule has 0 radical (unpaired) electrons. The Morgan fingerprint density at radius 3 is 2.55 bits per heavy atom. The maximum Gasteiger partial charge on any atom is 0.0731 e. The molecule has 0 fully saturated rings. The highest BCUT2D eigenvalue weighted by Crippen LogP contribution is 2.27. The summed E-state index contributed by atoms with van der Waals surface area (Å²) in [7, 11) is 0. The molecule has 2 heteroatoms. The first-order valence-corrected chi connectivity index (χ1v) is 7.73. The van der Waals surface area contributed by atoms with Crippen molar-refractivity contribution in [2.75, 3.05) is 6.61 Å². The Morgan fingerprint density at radius 1 is 1.20 bits per heavy atom. The third-order valence-corrected chi connectivity index (χ3v) is 3.88. The van der Waals surface area contributed by atoms with Crippen LogP contribution in [0, 0.1) is 5.41 Å². The monoisotopic (exact) mass is 294 g/mol. The van der Waals surface area contributed by atoms with Gasteiger partial charge in [-0.05, 0) is 50.2 Å². The summed E-state index contributed by atoms with van der Waals surface area (Å²) in [4.78, 5) is 0. The predicted octanol–water partition coefficient (Wildman–Crippen LogP) is 6.02. The second-order valence-corrected chi connectivity index (χ2v) is 6.79. The smallest absolute Gasteiger partial charge is 0.0731 e. The summed E-state index contributed by atoms with van der Waals surface area (Å²) in [5.41, 5.74) is 2.79. The van der Waals surface area contributed by atoms with Gasteiger partial charge in [0.1, 0.15) is 0 Å².